The molecule has 0 fully saturated rings. The van der Waals surface area contributed by atoms with Gasteiger partial charge >= 0.3 is 0 Å². The first-order valence-electron chi connectivity index (χ1n) is 8.37. The third-order valence-electron chi connectivity index (χ3n) is 3.88. The van der Waals surface area contributed by atoms with Crippen molar-refractivity contribution in [3.63, 3.8) is 0 Å². The number of anilines is 1. The predicted octanol–water partition coefficient (Wildman–Crippen LogP) is 4.66. The van der Waals surface area contributed by atoms with Crippen molar-refractivity contribution in [3.05, 3.63) is 64.8 Å². The molecule has 0 radical (unpaired) electrons. The zero-order chi connectivity index (χ0) is 19.5. The van der Waals surface area contributed by atoms with Crippen molar-refractivity contribution in [1.29, 1.82) is 0 Å². The molecule has 6 nitrogen and oxygen atoms in total. The highest BCUT2D eigenvalue weighted by molar-refractivity contribution is 7.15. The van der Waals surface area contributed by atoms with Crippen LogP contribution in [0.2, 0.25) is 5.02 Å². The van der Waals surface area contributed by atoms with Gasteiger partial charge in [-0.25, -0.2) is 8.91 Å². The van der Waals surface area contributed by atoms with Gasteiger partial charge in [-0.1, -0.05) is 11.6 Å². The van der Waals surface area contributed by atoms with Gasteiger partial charge in [0.05, 0.1) is 18.7 Å². The van der Waals surface area contributed by atoms with Crippen molar-refractivity contribution in [1.82, 2.24) is 14.6 Å². The summed E-state index contributed by atoms with van der Waals surface area (Å²) < 4.78 is 20.3. The molecule has 4 aromatic rings. The van der Waals surface area contributed by atoms with Crippen molar-refractivity contribution in [2.45, 2.75) is 6.42 Å². The second kappa shape index (κ2) is 7.95. The summed E-state index contributed by atoms with van der Waals surface area (Å²) in [5.41, 5.74) is 1.59. The van der Waals surface area contributed by atoms with Crippen LogP contribution >= 0.6 is 22.9 Å². The third kappa shape index (κ3) is 4.13. The first-order valence-corrected chi connectivity index (χ1v) is 9.63. The molecule has 4 rings (SSSR count). The van der Waals surface area contributed by atoms with E-state index in [0.717, 1.165) is 11.3 Å². The summed E-state index contributed by atoms with van der Waals surface area (Å²) >= 11 is 7.20. The van der Waals surface area contributed by atoms with Crippen LogP contribution in [0.1, 0.15) is 6.42 Å². The fourth-order valence-electron chi connectivity index (χ4n) is 2.53. The van der Waals surface area contributed by atoms with Crippen LogP contribution in [0.5, 0.6) is 5.75 Å². The van der Waals surface area contributed by atoms with Gasteiger partial charge < -0.3 is 4.74 Å². The number of hydrogen-bond acceptors (Lipinski definition) is 5. The van der Waals surface area contributed by atoms with E-state index in [0.29, 0.717) is 15.7 Å². The lowest BCUT2D eigenvalue weighted by atomic mass is 10.2. The van der Waals surface area contributed by atoms with Crippen LogP contribution in [0.25, 0.3) is 16.2 Å². The molecule has 1 N–H and O–H groups in total. The van der Waals surface area contributed by atoms with Gasteiger partial charge in [-0.05, 0) is 48.5 Å². The third-order valence-corrected chi connectivity index (χ3v) is 4.95. The minimum absolute atomic E-state index is 0.153. The van der Waals surface area contributed by atoms with Crippen LogP contribution in [0.3, 0.4) is 0 Å². The van der Waals surface area contributed by atoms with E-state index < -0.39 is 0 Å². The zero-order valence-electron chi connectivity index (χ0n) is 14.4. The van der Waals surface area contributed by atoms with Crippen molar-refractivity contribution < 1.29 is 13.9 Å². The van der Waals surface area contributed by atoms with Crippen LogP contribution in [0, 0.1) is 5.82 Å². The number of ether oxygens (including phenoxy) is 1. The van der Waals surface area contributed by atoms with Crippen LogP contribution in [-0.4, -0.2) is 27.1 Å². The van der Waals surface area contributed by atoms with Gasteiger partial charge in [0, 0.05) is 16.0 Å². The molecular weight excluding hydrogens is 403 g/mol. The summed E-state index contributed by atoms with van der Waals surface area (Å²) in [4.78, 5) is 17.0. The maximum Gasteiger partial charge on any atom is 0.250 e. The number of nitrogens with one attached hydrogen (secondary N) is 1. The molecule has 2 aromatic heterocycles. The van der Waals surface area contributed by atoms with Gasteiger partial charge in [-0.3, -0.25) is 10.1 Å². The topological polar surface area (TPSA) is 68.5 Å². The Labute approximate surface area is 168 Å². The number of carbonyl (C=O) groups is 1. The van der Waals surface area contributed by atoms with Gasteiger partial charge in [-0.15, -0.1) is 16.4 Å². The number of halogens is 2. The molecule has 0 bridgehead atoms. The minimum atomic E-state index is -0.303. The molecule has 0 unspecified atom stereocenters. The highest BCUT2D eigenvalue weighted by Crippen LogP contribution is 2.26. The molecule has 0 spiro atoms. The maximum absolute atomic E-state index is 13.1. The quantitative estimate of drug-likeness (QED) is 0.496. The Morgan fingerprint density at radius 1 is 1.18 bits per heavy atom. The van der Waals surface area contributed by atoms with Gasteiger partial charge in [0.25, 0.3) is 0 Å². The molecule has 0 atom stereocenters. The minimum Gasteiger partial charge on any atom is -0.493 e. The maximum atomic E-state index is 13.1. The lowest BCUT2D eigenvalue weighted by Gasteiger charge is -2.05. The summed E-state index contributed by atoms with van der Waals surface area (Å²) in [5.74, 6) is 0.298. The van der Waals surface area contributed by atoms with E-state index >= 15 is 0 Å². The fourth-order valence-corrected chi connectivity index (χ4v) is 3.49. The van der Waals surface area contributed by atoms with E-state index in [4.69, 9.17) is 16.3 Å². The molecule has 0 aliphatic rings. The van der Waals surface area contributed by atoms with E-state index in [1.807, 2.05) is 5.38 Å². The van der Waals surface area contributed by atoms with Crippen molar-refractivity contribution >= 4 is 39.8 Å². The first-order chi connectivity index (χ1) is 13.6. The standard InChI is InChI=1S/C19H14ClFN4O2S/c20-13-3-7-15(8-4-13)27-10-9-17(26)22-18-23-19-25(24-18)16(11-28-19)12-1-5-14(21)6-2-12/h1-8,11H,9-10H2,(H,22,24,26). The number of hydrogen-bond donors (Lipinski definition) is 1. The number of fused-ring (bicyclic) bond motifs is 1. The van der Waals surface area contributed by atoms with Gasteiger partial charge in [0.15, 0.2) is 0 Å². The second-order valence-corrected chi connectivity index (χ2v) is 7.13. The number of rotatable bonds is 6. The Balaban J connectivity index is 1.38. The molecule has 28 heavy (non-hydrogen) atoms. The number of nitrogens with zero attached hydrogens (tertiary/aromatic N) is 3. The molecule has 0 aliphatic carbocycles. The average molecular weight is 417 g/mol. The largest absolute Gasteiger partial charge is 0.493 e. The van der Waals surface area contributed by atoms with E-state index in [2.05, 4.69) is 15.4 Å². The van der Waals surface area contributed by atoms with Gasteiger partial charge in [0.2, 0.25) is 16.8 Å². The van der Waals surface area contributed by atoms with Crippen molar-refractivity contribution in [2.24, 2.45) is 0 Å². The molecule has 9 heteroatoms. The van der Waals surface area contributed by atoms with Crippen molar-refractivity contribution in [2.75, 3.05) is 11.9 Å². The van der Waals surface area contributed by atoms with Crippen LogP contribution in [0.4, 0.5) is 10.3 Å². The molecule has 2 heterocycles. The smallest absolute Gasteiger partial charge is 0.250 e. The monoisotopic (exact) mass is 416 g/mol. The molecule has 2 aromatic carbocycles. The van der Waals surface area contributed by atoms with E-state index in [-0.39, 0.29) is 30.7 Å². The highest BCUT2D eigenvalue weighted by atomic mass is 35.5. The molecule has 0 aliphatic heterocycles. The highest BCUT2D eigenvalue weighted by Gasteiger charge is 2.13. The lowest BCUT2D eigenvalue weighted by Crippen LogP contribution is -2.16. The molecule has 142 valence electrons. The lowest BCUT2D eigenvalue weighted by molar-refractivity contribution is -0.116. The summed E-state index contributed by atoms with van der Waals surface area (Å²) in [6, 6.07) is 13.0. The average Bonchev–Trinajstić information content (AvgIpc) is 3.24. The molecule has 0 saturated heterocycles. The summed E-state index contributed by atoms with van der Waals surface area (Å²) in [5, 5.41) is 9.49. The normalized spacial score (nSPS) is 10.9. The van der Waals surface area contributed by atoms with Crippen LogP contribution in [-0.2, 0) is 4.79 Å². The van der Waals surface area contributed by atoms with E-state index in [1.165, 1.54) is 23.5 Å². The van der Waals surface area contributed by atoms with Gasteiger partial charge in [-0.2, -0.15) is 4.98 Å². The Morgan fingerprint density at radius 3 is 2.68 bits per heavy atom. The van der Waals surface area contributed by atoms with Crippen LogP contribution in [0.15, 0.2) is 53.9 Å². The van der Waals surface area contributed by atoms with E-state index in [9.17, 15) is 9.18 Å². The zero-order valence-corrected chi connectivity index (χ0v) is 16.0. The Hall–Kier alpha value is -2.97. The Bertz CT molecular complexity index is 1110. The first kappa shape index (κ1) is 18.4. The van der Waals surface area contributed by atoms with Gasteiger partial charge in [0.1, 0.15) is 11.6 Å². The number of carbonyl (C=O) groups excluding carboxylic acids is 1. The van der Waals surface area contributed by atoms with Crippen molar-refractivity contribution in [3.8, 4) is 17.0 Å². The molecule has 0 saturated carbocycles. The number of benzene rings is 2. The summed E-state index contributed by atoms with van der Waals surface area (Å²) in [6.07, 6.45) is 0.153. The SMILES string of the molecule is O=C(CCOc1ccc(Cl)cc1)Nc1nc2scc(-c3ccc(F)cc3)n2n1. The Morgan fingerprint density at radius 2 is 1.93 bits per heavy atom. The number of amides is 1. The van der Waals surface area contributed by atoms with Crippen LogP contribution < -0.4 is 10.1 Å². The molecule has 1 amide bonds. The number of thiazole rings is 1. The predicted molar refractivity (Wildman–Crippen MR) is 106 cm³/mol. The Kier molecular flexibility index (Phi) is 5.23. The number of aromatic nitrogens is 3. The second-order valence-electron chi connectivity index (χ2n) is 5.86. The van der Waals surface area contributed by atoms with E-state index in [1.54, 1.807) is 40.9 Å². The summed E-state index contributed by atoms with van der Waals surface area (Å²) in [7, 11) is 0. The fraction of sp³-hybridized carbons (Fsp3) is 0.105. The summed E-state index contributed by atoms with van der Waals surface area (Å²) in [6.45, 7) is 0.219. The molecular formula is C19H14ClFN4O2S.